The van der Waals surface area contributed by atoms with Gasteiger partial charge in [0.25, 0.3) is 0 Å². The summed E-state index contributed by atoms with van der Waals surface area (Å²) < 4.78 is 0. The van der Waals surface area contributed by atoms with Crippen LogP contribution < -0.4 is 10.6 Å². The number of nitrogens with zero attached hydrogens (tertiary/aromatic N) is 1. The number of fused-ring (bicyclic) bond motifs is 1. The summed E-state index contributed by atoms with van der Waals surface area (Å²) in [5.74, 6) is 0. The predicted octanol–water partition coefficient (Wildman–Crippen LogP) is 3.74. The molecule has 0 bridgehead atoms. The maximum Gasteiger partial charge on any atom is 0.0412 e. The zero-order chi connectivity index (χ0) is 13.5. The Morgan fingerprint density at radius 2 is 2.05 bits per heavy atom. The quantitative estimate of drug-likeness (QED) is 0.790. The molecule has 0 fully saturated rings. The molecule has 1 aliphatic heterocycles. The third-order valence-electron chi connectivity index (χ3n) is 4.25. The highest BCUT2D eigenvalue weighted by Crippen LogP contribution is 2.28. The van der Waals surface area contributed by atoms with Crippen LogP contribution in [0.4, 0.5) is 5.69 Å². The van der Waals surface area contributed by atoms with Gasteiger partial charge in [-0.3, -0.25) is 0 Å². The first kappa shape index (κ1) is 14.4. The Labute approximate surface area is 118 Å². The second-order valence-corrected chi connectivity index (χ2v) is 5.66. The molecule has 0 amide bonds. The molecule has 2 rings (SSSR count). The minimum atomic E-state index is 0.519. The third-order valence-corrected chi connectivity index (χ3v) is 4.25. The van der Waals surface area contributed by atoms with Gasteiger partial charge in [-0.15, -0.1) is 0 Å². The molecular weight excluding hydrogens is 232 g/mol. The summed E-state index contributed by atoms with van der Waals surface area (Å²) in [7, 11) is 0. The van der Waals surface area contributed by atoms with E-state index in [1.165, 1.54) is 62.7 Å². The van der Waals surface area contributed by atoms with Crippen molar-refractivity contribution in [3.63, 3.8) is 0 Å². The molecule has 1 aliphatic rings. The van der Waals surface area contributed by atoms with Gasteiger partial charge in [0.1, 0.15) is 0 Å². The zero-order valence-corrected chi connectivity index (χ0v) is 12.3. The van der Waals surface area contributed by atoms with Gasteiger partial charge in [-0.25, -0.2) is 0 Å². The first-order valence-corrected chi connectivity index (χ1v) is 7.91. The average Bonchev–Trinajstić information content (AvgIpc) is 2.66. The van der Waals surface area contributed by atoms with Crippen LogP contribution in [-0.2, 0) is 6.42 Å². The van der Waals surface area contributed by atoms with Crippen LogP contribution in [0.15, 0.2) is 24.3 Å². The molecule has 106 valence electrons. The number of hydrogen-bond acceptors (Lipinski definition) is 2. The third kappa shape index (κ3) is 3.73. The summed E-state index contributed by atoms with van der Waals surface area (Å²) in [6.45, 7) is 4.21. The topological polar surface area (TPSA) is 29.3 Å². The Kier molecular flexibility index (Phi) is 5.71. The van der Waals surface area contributed by atoms with Crippen LogP contribution >= 0.6 is 0 Å². The fourth-order valence-corrected chi connectivity index (χ4v) is 3.13. The van der Waals surface area contributed by atoms with E-state index in [9.17, 15) is 0 Å². The van der Waals surface area contributed by atoms with E-state index in [-0.39, 0.29) is 0 Å². The fraction of sp³-hybridized carbons (Fsp3) is 0.647. The molecule has 0 radical (unpaired) electrons. The normalized spacial score (nSPS) is 16.8. The molecule has 1 aromatic rings. The van der Waals surface area contributed by atoms with E-state index in [4.69, 9.17) is 5.73 Å². The van der Waals surface area contributed by atoms with E-state index < -0.39 is 0 Å². The highest BCUT2D eigenvalue weighted by atomic mass is 15.2. The van der Waals surface area contributed by atoms with Gasteiger partial charge in [0.15, 0.2) is 0 Å². The standard InChI is InChI=1S/C17H28N2/c1-2-3-4-11-16(14-18)19-13-8-7-10-15-9-5-6-12-17(15)19/h5-6,9,12,16H,2-4,7-8,10-11,13-14,18H2,1H3. The van der Waals surface area contributed by atoms with E-state index >= 15 is 0 Å². The summed E-state index contributed by atoms with van der Waals surface area (Å²) in [5, 5.41) is 0. The molecule has 1 atom stereocenters. The Balaban J connectivity index is 2.12. The molecule has 1 unspecified atom stereocenters. The number of anilines is 1. The number of rotatable bonds is 6. The molecule has 0 saturated heterocycles. The SMILES string of the molecule is CCCCCC(CN)N1CCCCc2ccccc21. The van der Waals surface area contributed by atoms with Crippen LogP contribution in [0.1, 0.15) is 51.0 Å². The van der Waals surface area contributed by atoms with Crippen molar-refractivity contribution in [3.8, 4) is 0 Å². The highest BCUT2D eigenvalue weighted by molar-refractivity contribution is 5.55. The van der Waals surface area contributed by atoms with E-state index in [1.54, 1.807) is 0 Å². The summed E-state index contributed by atoms with van der Waals surface area (Å²) in [6, 6.07) is 9.41. The lowest BCUT2D eigenvalue weighted by Gasteiger charge is -2.33. The lowest BCUT2D eigenvalue weighted by atomic mass is 10.0. The van der Waals surface area contributed by atoms with Crippen molar-refractivity contribution in [2.45, 2.75) is 57.9 Å². The summed E-state index contributed by atoms with van der Waals surface area (Å²) >= 11 is 0. The number of nitrogens with two attached hydrogens (primary N) is 1. The number of unbranched alkanes of at least 4 members (excludes halogenated alkanes) is 2. The molecule has 2 heteroatoms. The zero-order valence-electron chi connectivity index (χ0n) is 12.3. The summed E-state index contributed by atoms with van der Waals surface area (Å²) in [4.78, 5) is 2.58. The van der Waals surface area contributed by atoms with Crippen molar-refractivity contribution < 1.29 is 0 Å². The summed E-state index contributed by atoms with van der Waals surface area (Å²) in [5.41, 5.74) is 9.00. The molecule has 19 heavy (non-hydrogen) atoms. The second-order valence-electron chi connectivity index (χ2n) is 5.66. The highest BCUT2D eigenvalue weighted by Gasteiger charge is 2.21. The minimum absolute atomic E-state index is 0.519. The molecule has 1 aromatic carbocycles. The van der Waals surface area contributed by atoms with E-state index in [0.717, 1.165) is 6.54 Å². The van der Waals surface area contributed by atoms with Gasteiger partial charge in [-0.05, 0) is 37.3 Å². The molecule has 2 N–H and O–H groups in total. The van der Waals surface area contributed by atoms with Crippen molar-refractivity contribution in [1.82, 2.24) is 0 Å². The molecule has 0 aliphatic carbocycles. The number of benzene rings is 1. The van der Waals surface area contributed by atoms with Crippen molar-refractivity contribution in [2.75, 3.05) is 18.0 Å². The van der Waals surface area contributed by atoms with Gasteiger partial charge >= 0.3 is 0 Å². The van der Waals surface area contributed by atoms with Crippen LogP contribution in [0.5, 0.6) is 0 Å². The van der Waals surface area contributed by atoms with Crippen molar-refractivity contribution in [2.24, 2.45) is 5.73 Å². The van der Waals surface area contributed by atoms with Crippen LogP contribution in [0, 0.1) is 0 Å². The molecule has 0 saturated carbocycles. The second kappa shape index (κ2) is 7.54. The smallest absolute Gasteiger partial charge is 0.0412 e. The van der Waals surface area contributed by atoms with Gasteiger partial charge in [0.2, 0.25) is 0 Å². The van der Waals surface area contributed by atoms with Gasteiger partial charge in [-0.2, -0.15) is 0 Å². The Morgan fingerprint density at radius 3 is 2.84 bits per heavy atom. The Hall–Kier alpha value is -1.02. The predicted molar refractivity (Wildman–Crippen MR) is 83.7 cm³/mol. The molecule has 2 nitrogen and oxygen atoms in total. The fourth-order valence-electron chi connectivity index (χ4n) is 3.13. The Morgan fingerprint density at radius 1 is 1.21 bits per heavy atom. The van der Waals surface area contributed by atoms with Gasteiger partial charge < -0.3 is 10.6 Å². The van der Waals surface area contributed by atoms with Crippen LogP contribution in [-0.4, -0.2) is 19.1 Å². The van der Waals surface area contributed by atoms with Crippen molar-refractivity contribution >= 4 is 5.69 Å². The minimum Gasteiger partial charge on any atom is -0.367 e. The average molecular weight is 260 g/mol. The first-order chi connectivity index (χ1) is 9.36. The van der Waals surface area contributed by atoms with Crippen LogP contribution in [0.2, 0.25) is 0 Å². The number of para-hydroxylation sites is 1. The molecule has 1 heterocycles. The maximum absolute atomic E-state index is 6.05. The van der Waals surface area contributed by atoms with Gasteiger partial charge in [-0.1, -0.05) is 44.4 Å². The van der Waals surface area contributed by atoms with Crippen LogP contribution in [0.25, 0.3) is 0 Å². The largest absolute Gasteiger partial charge is 0.367 e. The van der Waals surface area contributed by atoms with Gasteiger partial charge in [0.05, 0.1) is 0 Å². The number of hydrogen-bond donors (Lipinski definition) is 1. The van der Waals surface area contributed by atoms with Gasteiger partial charge in [0, 0.05) is 24.8 Å². The van der Waals surface area contributed by atoms with Crippen molar-refractivity contribution in [3.05, 3.63) is 29.8 Å². The van der Waals surface area contributed by atoms with E-state index in [2.05, 4.69) is 36.1 Å². The molecule has 0 aromatic heterocycles. The summed E-state index contributed by atoms with van der Waals surface area (Å²) in [6.07, 6.45) is 8.97. The van der Waals surface area contributed by atoms with Crippen molar-refractivity contribution in [1.29, 1.82) is 0 Å². The first-order valence-electron chi connectivity index (χ1n) is 7.91. The molecular formula is C17H28N2. The lowest BCUT2D eigenvalue weighted by molar-refractivity contribution is 0.517. The van der Waals surface area contributed by atoms with E-state index in [0.29, 0.717) is 6.04 Å². The maximum atomic E-state index is 6.05. The number of aryl methyl sites for hydroxylation is 1. The molecule has 0 spiro atoms. The van der Waals surface area contributed by atoms with E-state index in [1.807, 2.05) is 0 Å². The Bertz CT molecular complexity index is 375. The monoisotopic (exact) mass is 260 g/mol. The van der Waals surface area contributed by atoms with Crippen LogP contribution in [0.3, 0.4) is 0 Å². The lowest BCUT2D eigenvalue weighted by Crippen LogP contribution is -2.41.